The molecule has 1 aromatic rings. The average molecular weight is 490 g/mol. The molecule has 1 amide bonds. The first-order valence-corrected chi connectivity index (χ1v) is 11.0. The molecule has 0 aliphatic carbocycles. The number of amides is 1. The highest BCUT2D eigenvalue weighted by molar-refractivity contribution is 7.89. The third kappa shape index (κ3) is 5.12. The van der Waals surface area contributed by atoms with Crippen LogP contribution in [0, 0.1) is 5.92 Å². The molecule has 180 valence electrons. The van der Waals surface area contributed by atoms with Crippen LogP contribution in [0.15, 0.2) is 35.2 Å². The average Bonchev–Trinajstić information content (AvgIpc) is 2.96. The molecular formula is C18H20F6N2O5S. The lowest BCUT2D eigenvalue weighted by Crippen LogP contribution is -2.53. The van der Waals surface area contributed by atoms with Crippen LogP contribution in [0.5, 0.6) is 0 Å². The van der Waals surface area contributed by atoms with Crippen molar-refractivity contribution in [3.63, 3.8) is 0 Å². The zero-order valence-corrected chi connectivity index (χ0v) is 17.2. The van der Waals surface area contributed by atoms with Crippen molar-refractivity contribution in [3.8, 4) is 0 Å². The summed E-state index contributed by atoms with van der Waals surface area (Å²) < 4.78 is 113. The van der Waals surface area contributed by atoms with E-state index in [1.54, 1.807) is 0 Å². The standard InChI is InChI=1S/C18H20F6N2O5S/c19-17(20,21)14(18(22,23)24)13-12(25-32(29,30)11-4-2-1-3-5-11)10-16(31-13)6-8-26(9-7-16)15(27)28/h1-5,12-14,25H,6-10H2,(H,27,28)/t12-,13?/m1/s1. The molecule has 14 heteroatoms. The molecule has 2 atom stereocenters. The minimum absolute atomic E-state index is 0.164. The van der Waals surface area contributed by atoms with Crippen LogP contribution >= 0.6 is 0 Å². The van der Waals surface area contributed by atoms with E-state index in [2.05, 4.69) is 0 Å². The number of sulfonamides is 1. The second-order valence-corrected chi connectivity index (χ2v) is 9.55. The predicted octanol–water partition coefficient (Wildman–Crippen LogP) is 3.38. The first kappa shape index (κ1) is 24.6. The van der Waals surface area contributed by atoms with Crippen LogP contribution in [-0.2, 0) is 14.8 Å². The van der Waals surface area contributed by atoms with Gasteiger partial charge in [-0.15, -0.1) is 0 Å². The Balaban J connectivity index is 1.95. The van der Waals surface area contributed by atoms with Gasteiger partial charge in [-0.05, 0) is 31.4 Å². The Morgan fingerprint density at radius 1 is 1.09 bits per heavy atom. The molecule has 0 radical (unpaired) electrons. The van der Waals surface area contributed by atoms with Gasteiger partial charge in [0.15, 0.2) is 5.92 Å². The van der Waals surface area contributed by atoms with Gasteiger partial charge in [0, 0.05) is 13.1 Å². The largest absolute Gasteiger partial charge is 0.465 e. The predicted molar refractivity (Wildman–Crippen MR) is 97.2 cm³/mol. The number of rotatable bonds is 4. The molecule has 0 bridgehead atoms. The molecule has 1 aromatic carbocycles. The lowest BCUT2D eigenvalue weighted by Gasteiger charge is -2.38. The zero-order valence-electron chi connectivity index (χ0n) is 16.4. The third-order valence-electron chi connectivity index (χ3n) is 5.71. The van der Waals surface area contributed by atoms with Gasteiger partial charge in [-0.25, -0.2) is 17.9 Å². The maximum atomic E-state index is 13.5. The van der Waals surface area contributed by atoms with Crippen LogP contribution in [0.25, 0.3) is 0 Å². The zero-order chi connectivity index (χ0) is 23.9. The molecule has 2 heterocycles. The fourth-order valence-electron chi connectivity index (χ4n) is 4.20. The molecule has 1 spiro atoms. The van der Waals surface area contributed by atoms with E-state index in [4.69, 9.17) is 9.84 Å². The summed E-state index contributed by atoms with van der Waals surface area (Å²) >= 11 is 0. The van der Waals surface area contributed by atoms with E-state index in [0.29, 0.717) is 0 Å². The first-order valence-electron chi connectivity index (χ1n) is 9.51. The van der Waals surface area contributed by atoms with Crippen molar-refractivity contribution in [1.29, 1.82) is 0 Å². The first-order chi connectivity index (χ1) is 14.6. The van der Waals surface area contributed by atoms with Crippen molar-refractivity contribution in [2.75, 3.05) is 13.1 Å². The molecule has 0 aromatic heterocycles. The van der Waals surface area contributed by atoms with Gasteiger partial charge in [-0.1, -0.05) is 18.2 Å². The second kappa shape index (κ2) is 8.37. The third-order valence-corrected chi connectivity index (χ3v) is 7.22. The Morgan fingerprint density at radius 2 is 1.62 bits per heavy atom. The van der Waals surface area contributed by atoms with Crippen LogP contribution in [0.2, 0.25) is 0 Å². The van der Waals surface area contributed by atoms with Crippen LogP contribution in [-0.4, -0.2) is 67.7 Å². The Bertz CT molecular complexity index is 915. The number of likely N-dealkylation sites (tertiary alicyclic amines) is 1. The summed E-state index contributed by atoms with van der Waals surface area (Å²) in [6.45, 7) is -0.328. The highest BCUT2D eigenvalue weighted by atomic mass is 32.2. The van der Waals surface area contributed by atoms with E-state index < -0.39 is 58.6 Å². The highest BCUT2D eigenvalue weighted by Crippen LogP contribution is 2.50. The summed E-state index contributed by atoms with van der Waals surface area (Å²) in [7, 11) is -4.45. The van der Waals surface area contributed by atoms with Crippen molar-refractivity contribution >= 4 is 16.1 Å². The van der Waals surface area contributed by atoms with Gasteiger partial charge in [0.25, 0.3) is 0 Å². The summed E-state index contributed by atoms with van der Waals surface area (Å²) in [5, 5.41) is 9.05. The number of nitrogens with one attached hydrogen (secondary N) is 1. The fourth-order valence-corrected chi connectivity index (χ4v) is 5.47. The molecule has 7 nitrogen and oxygen atoms in total. The van der Waals surface area contributed by atoms with Gasteiger partial charge in [0.2, 0.25) is 10.0 Å². The maximum absolute atomic E-state index is 13.5. The maximum Gasteiger partial charge on any atom is 0.407 e. The summed E-state index contributed by atoms with van der Waals surface area (Å²) in [4.78, 5) is 11.7. The van der Waals surface area contributed by atoms with E-state index in [-0.39, 0.29) is 30.8 Å². The number of carbonyl (C=O) groups is 1. The lowest BCUT2D eigenvalue weighted by atomic mass is 9.86. The number of halogens is 6. The van der Waals surface area contributed by atoms with Crippen LogP contribution in [0.4, 0.5) is 31.1 Å². The van der Waals surface area contributed by atoms with Crippen LogP contribution in [0.1, 0.15) is 19.3 Å². The minimum atomic E-state index is -5.74. The van der Waals surface area contributed by atoms with Gasteiger partial charge in [0.05, 0.1) is 22.6 Å². The number of hydrogen-bond donors (Lipinski definition) is 2. The Hall–Kier alpha value is -2.06. The number of alkyl halides is 6. The monoisotopic (exact) mass is 490 g/mol. The van der Waals surface area contributed by atoms with Crippen molar-refractivity contribution in [3.05, 3.63) is 30.3 Å². The second-order valence-electron chi connectivity index (χ2n) is 7.84. The number of hydrogen-bond acceptors (Lipinski definition) is 4. The van der Waals surface area contributed by atoms with Gasteiger partial charge >= 0.3 is 18.4 Å². The molecular weight excluding hydrogens is 470 g/mol. The van der Waals surface area contributed by atoms with Gasteiger partial charge in [0.1, 0.15) is 0 Å². The molecule has 2 aliphatic rings. The van der Waals surface area contributed by atoms with E-state index in [1.807, 2.05) is 4.72 Å². The minimum Gasteiger partial charge on any atom is -0.465 e. The van der Waals surface area contributed by atoms with Crippen molar-refractivity contribution in [2.24, 2.45) is 5.92 Å². The highest BCUT2D eigenvalue weighted by Gasteiger charge is 2.66. The SMILES string of the molecule is O=C(O)N1CCC2(CC1)C[C@@H](NS(=O)(=O)c1ccccc1)C(C(C(F)(F)F)C(F)(F)F)O2. The molecule has 1 unspecified atom stereocenters. The Kier molecular flexibility index (Phi) is 6.43. The molecule has 2 fully saturated rings. The van der Waals surface area contributed by atoms with Crippen molar-refractivity contribution < 1.29 is 49.4 Å². The summed E-state index contributed by atoms with van der Waals surface area (Å²) in [5.41, 5.74) is -1.52. The van der Waals surface area contributed by atoms with Crippen LogP contribution in [0.3, 0.4) is 0 Å². The fraction of sp³-hybridized carbons (Fsp3) is 0.611. The molecule has 0 saturated carbocycles. The molecule has 2 saturated heterocycles. The van der Waals surface area contributed by atoms with E-state index in [1.165, 1.54) is 18.2 Å². The van der Waals surface area contributed by atoms with Gasteiger partial charge in [-0.2, -0.15) is 26.3 Å². The Labute approximate surface area is 179 Å². The van der Waals surface area contributed by atoms with Gasteiger partial charge < -0.3 is 14.7 Å². The smallest absolute Gasteiger partial charge is 0.407 e. The van der Waals surface area contributed by atoms with Crippen molar-refractivity contribution in [2.45, 2.75) is 54.3 Å². The van der Waals surface area contributed by atoms with Crippen molar-refractivity contribution in [1.82, 2.24) is 9.62 Å². The Morgan fingerprint density at radius 3 is 2.09 bits per heavy atom. The molecule has 3 rings (SSSR count). The number of benzene rings is 1. The topological polar surface area (TPSA) is 95.9 Å². The molecule has 2 aliphatic heterocycles. The lowest BCUT2D eigenvalue weighted by molar-refractivity contribution is -0.314. The number of ether oxygens (including phenoxy) is 1. The number of carboxylic acid groups (broad SMARTS) is 1. The number of nitrogens with zero attached hydrogens (tertiary/aromatic N) is 1. The van der Waals surface area contributed by atoms with Gasteiger partial charge in [-0.3, -0.25) is 0 Å². The summed E-state index contributed by atoms with van der Waals surface area (Å²) in [6.07, 6.45) is -16.1. The number of piperidine rings is 1. The van der Waals surface area contributed by atoms with E-state index in [9.17, 15) is 39.6 Å². The van der Waals surface area contributed by atoms with E-state index >= 15 is 0 Å². The molecule has 32 heavy (non-hydrogen) atoms. The van der Waals surface area contributed by atoms with E-state index in [0.717, 1.165) is 17.0 Å². The summed E-state index contributed by atoms with van der Waals surface area (Å²) in [6, 6.07) is 4.68. The summed E-state index contributed by atoms with van der Waals surface area (Å²) in [5.74, 6) is -3.92. The molecule has 2 N–H and O–H groups in total. The van der Waals surface area contributed by atoms with Crippen LogP contribution < -0.4 is 4.72 Å². The normalized spacial score (nSPS) is 24.3. The quantitative estimate of drug-likeness (QED) is 0.631.